The van der Waals surface area contributed by atoms with Crippen LogP contribution < -0.4 is 10.6 Å². The summed E-state index contributed by atoms with van der Waals surface area (Å²) in [6, 6.07) is 16.2. The molecule has 0 spiro atoms. The van der Waals surface area contributed by atoms with Crippen molar-refractivity contribution >= 4 is 23.0 Å². The minimum absolute atomic E-state index is 0.108. The second-order valence-electron chi connectivity index (χ2n) is 7.66. The third-order valence-corrected chi connectivity index (χ3v) is 5.50. The van der Waals surface area contributed by atoms with E-state index < -0.39 is 5.91 Å². The molecular formula is C24H18N6O2. The van der Waals surface area contributed by atoms with E-state index >= 15 is 0 Å². The van der Waals surface area contributed by atoms with Gasteiger partial charge in [-0.15, -0.1) is 0 Å². The number of pyridine rings is 2. The van der Waals surface area contributed by atoms with Crippen LogP contribution in [0.3, 0.4) is 0 Å². The van der Waals surface area contributed by atoms with Crippen LogP contribution in [0.2, 0.25) is 0 Å². The highest BCUT2D eigenvalue weighted by Crippen LogP contribution is 2.34. The number of nitrogens with two attached hydrogens (primary N) is 1. The molecule has 5 rings (SSSR count). The molecule has 8 heteroatoms. The van der Waals surface area contributed by atoms with Crippen LogP contribution in [0.1, 0.15) is 39.1 Å². The summed E-state index contributed by atoms with van der Waals surface area (Å²) in [5, 5.41) is 13.4. The number of fused-ring (bicyclic) bond motifs is 1. The number of anilines is 1. The van der Waals surface area contributed by atoms with Crippen LogP contribution in [0.25, 0.3) is 16.8 Å². The second-order valence-corrected chi connectivity index (χ2v) is 7.66. The maximum Gasteiger partial charge on any atom is 0.258 e. The summed E-state index contributed by atoms with van der Waals surface area (Å²) < 4.78 is 1.68. The van der Waals surface area contributed by atoms with Crippen molar-refractivity contribution in [2.45, 2.75) is 18.9 Å². The van der Waals surface area contributed by atoms with Crippen molar-refractivity contribution in [2.24, 2.45) is 5.73 Å². The Bertz CT molecular complexity index is 1380. The maximum absolute atomic E-state index is 13.5. The van der Waals surface area contributed by atoms with Crippen molar-refractivity contribution in [2.75, 3.05) is 4.90 Å². The number of hydrogen-bond donors (Lipinski definition) is 1. The van der Waals surface area contributed by atoms with E-state index in [-0.39, 0.29) is 11.9 Å². The fraction of sp³-hybridized carbons (Fsp3) is 0.125. The summed E-state index contributed by atoms with van der Waals surface area (Å²) >= 11 is 0. The third-order valence-electron chi connectivity index (χ3n) is 5.50. The van der Waals surface area contributed by atoms with Gasteiger partial charge in [-0.25, -0.2) is 4.52 Å². The topological polar surface area (TPSA) is 117 Å². The number of carbonyl (C=O) groups excluding carboxylic acids is 2. The van der Waals surface area contributed by atoms with Gasteiger partial charge in [0.25, 0.3) is 5.91 Å². The van der Waals surface area contributed by atoms with Crippen LogP contribution in [-0.2, 0) is 0 Å². The first-order chi connectivity index (χ1) is 15.5. The average Bonchev–Trinajstić information content (AvgIpc) is 3.57. The summed E-state index contributed by atoms with van der Waals surface area (Å²) in [7, 11) is 0. The highest BCUT2D eigenvalue weighted by molar-refractivity contribution is 6.07. The Kier molecular flexibility index (Phi) is 4.64. The van der Waals surface area contributed by atoms with Crippen molar-refractivity contribution in [1.29, 1.82) is 5.26 Å². The fourth-order valence-electron chi connectivity index (χ4n) is 3.67. The van der Waals surface area contributed by atoms with Crippen molar-refractivity contribution in [3.63, 3.8) is 0 Å². The van der Waals surface area contributed by atoms with E-state index in [1.165, 1.54) is 6.20 Å². The molecule has 32 heavy (non-hydrogen) atoms. The number of hydrogen-bond acceptors (Lipinski definition) is 5. The Morgan fingerprint density at radius 3 is 2.47 bits per heavy atom. The van der Waals surface area contributed by atoms with Crippen molar-refractivity contribution < 1.29 is 9.59 Å². The van der Waals surface area contributed by atoms with Gasteiger partial charge >= 0.3 is 0 Å². The first-order valence-electron chi connectivity index (χ1n) is 10.1. The minimum Gasteiger partial charge on any atom is -0.366 e. The van der Waals surface area contributed by atoms with E-state index in [0.29, 0.717) is 22.4 Å². The number of amides is 2. The van der Waals surface area contributed by atoms with Gasteiger partial charge in [-0.3, -0.25) is 14.6 Å². The zero-order chi connectivity index (χ0) is 22.2. The molecular weight excluding hydrogens is 404 g/mol. The first-order valence-corrected chi connectivity index (χ1v) is 10.1. The first kappa shape index (κ1) is 19.5. The molecule has 156 valence electrons. The van der Waals surface area contributed by atoms with E-state index in [0.717, 1.165) is 29.6 Å². The van der Waals surface area contributed by atoms with Crippen LogP contribution in [0.5, 0.6) is 0 Å². The standard InChI is InChI=1S/C24H18N6O2/c25-12-15-1-4-18(5-2-15)30(19-6-7-19)24(32)16-9-10-29-22(11-16)20(14-28-29)21-8-3-17(13-27-21)23(26)31/h1-5,8-11,13-14,19H,6-7H2,(H2,26,31). The zero-order valence-corrected chi connectivity index (χ0v) is 17.0. The van der Waals surface area contributed by atoms with Gasteiger partial charge in [-0.2, -0.15) is 10.4 Å². The molecule has 1 saturated carbocycles. The van der Waals surface area contributed by atoms with E-state index in [2.05, 4.69) is 16.2 Å². The van der Waals surface area contributed by atoms with Crippen LogP contribution >= 0.6 is 0 Å². The Morgan fingerprint density at radius 1 is 1.06 bits per heavy atom. The molecule has 8 nitrogen and oxygen atoms in total. The van der Waals surface area contributed by atoms with E-state index in [4.69, 9.17) is 11.0 Å². The Hall–Kier alpha value is -4.51. The molecule has 1 fully saturated rings. The summed E-state index contributed by atoms with van der Waals surface area (Å²) in [5.41, 5.74) is 9.57. The third kappa shape index (κ3) is 3.46. The Labute approximate surface area is 183 Å². The molecule has 0 saturated heterocycles. The fourth-order valence-corrected chi connectivity index (χ4v) is 3.67. The van der Waals surface area contributed by atoms with E-state index in [1.807, 2.05) is 12.1 Å². The molecule has 0 bridgehead atoms. The number of nitriles is 1. The SMILES string of the molecule is N#Cc1ccc(N(C(=O)c2ccn3ncc(-c4ccc(C(N)=O)cn4)c3c2)C2CC2)cc1. The summed E-state index contributed by atoms with van der Waals surface area (Å²) in [4.78, 5) is 30.9. The molecule has 2 amide bonds. The Balaban J connectivity index is 1.52. The van der Waals surface area contributed by atoms with Crippen LogP contribution in [-0.4, -0.2) is 32.5 Å². The van der Waals surface area contributed by atoms with Gasteiger partial charge in [0, 0.05) is 35.2 Å². The van der Waals surface area contributed by atoms with Crippen LogP contribution in [0, 0.1) is 11.3 Å². The van der Waals surface area contributed by atoms with Crippen molar-refractivity contribution in [3.8, 4) is 17.3 Å². The lowest BCUT2D eigenvalue weighted by Crippen LogP contribution is -2.33. The number of rotatable bonds is 5. The molecule has 0 atom stereocenters. The number of carbonyl (C=O) groups is 2. The van der Waals surface area contributed by atoms with Gasteiger partial charge < -0.3 is 10.6 Å². The maximum atomic E-state index is 13.5. The Morgan fingerprint density at radius 2 is 1.84 bits per heavy atom. The lowest BCUT2D eigenvalue weighted by atomic mass is 10.1. The van der Waals surface area contributed by atoms with Gasteiger partial charge in [-0.05, 0) is 61.4 Å². The number of primary amides is 1. The predicted molar refractivity (Wildman–Crippen MR) is 118 cm³/mol. The van der Waals surface area contributed by atoms with Gasteiger partial charge in [0.1, 0.15) is 0 Å². The lowest BCUT2D eigenvalue weighted by molar-refractivity contribution is 0.0981. The van der Waals surface area contributed by atoms with Crippen LogP contribution in [0.4, 0.5) is 5.69 Å². The smallest absolute Gasteiger partial charge is 0.258 e. The highest BCUT2D eigenvalue weighted by Gasteiger charge is 2.34. The highest BCUT2D eigenvalue weighted by atomic mass is 16.2. The van der Waals surface area contributed by atoms with Crippen molar-refractivity contribution in [1.82, 2.24) is 14.6 Å². The molecule has 1 aliphatic carbocycles. The average molecular weight is 422 g/mol. The van der Waals surface area contributed by atoms with E-state index in [1.54, 1.807) is 58.2 Å². The van der Waals surface area contributed by atoms with Crippen LogP contribution in [0.15, 0.2) is 67.1 Å². The van der Waals surface area contributed by atoms with Gasteiger partial charge in [-0.1, -0.05) is 0 Å². The molecule has 0 radical (unpaired) electrons. The van der Waals surface area contributed by atoms with Gasteiger partial charge in [0.2, 0.25) is 5.91 Å². The number of aromatic nitrogens is 3. The predicted octanol–water partition coefficient (Wildman–Crippen LogP) is 3.18. The summed E-state index contributed by atoms with van der Waals surface area (Å²) in [6.45, 7) is 0. The largest absolute Gasteiger partial charge is 0.366 e. The van der Waals surface area contributed by atoms with Crippen molar-refractivity contribution in [3.05, 3.63) is 83.8 Å². The molecule has 3 aromatic heterocycles. The number of benzene rings is 1. The molecule has 1 aliphatic rings. The van der Waals surface area contributed by atoms with E-state index in [9.17, 15) is 9.59 Å². The lowest BCUT2D eigenvalue weighted by Gasteiger charge is -2.23. The van der Waals surface area contributed by atoms with Gasteiger partial charge in [0.15, 0.2) is 0 Å². The molecule has 3 heterocycles. The quantitative estimate of drug-likeness (QED) is 0.530. The molecule has 0 aliphatic heterocycles. The summed E-state index contributed by atoms with van der Waals surface area (Å²) in [5.74, 6) is -0.649. The molecule has 4 aromatic rings. The normalized spacial score (nSPS) is 13.0. The molecule has 0 unspecified atom stereocenters. The zero-order valence-electron chi connectivity index (χ0n) is 17.0. The minimum atomic E-state index is -0.542. The molecule has 1 aromatic carbocycles. The number of nitrogens with zero attached hydrogens (tertiary/aromatic N) is 5. The monoisotopic (exact) mass is 422 g/mol. The molecule has 2 N–H and O–H groups in total. The summed E-state index contributed by atoms with van der Waals surface area (Å²) in [6.07, 6.45) is 6.74. The van der Waals surface area contributed by atoms with Gasteiger partial charge in [0.05, 0.1) is 34.6 Å². The second kappa shape index (κ2) is 7.63.